The zero-order valence-electron chi connectivity index (χ0n) is 15.2. The Morgan fingerprint density at radius 3 is 2.86 bits per heavy atom. The van der Waals surface area contributed by atoms with Crippen LogP contribution in [-0.2, 0) is 16.4 Å². The number of piperidine rings is 1. The van der Waals surface area contributed by atoms with E-state index >= 15 is 0 Å². The van der Waals surface area contributed by atoms with Crippen LogP contribution in [-0.4, -0.2) is 29.2 Å². The third-order valence-corrected chi connectivity index (χ3v) is 6.95. The van der Waals surface area contributed by atoms with Gasteiger partial charge in [0.05, 0.1) is 6.20 Å². The molecule has 0 amide bonds. The monoisotopic (exact) mass is 417 g/mol. The topological polar surface area (TPSA) is 76.3 Å². The number of oxazole rings is 1. The smallest absolute Gasteiger partial charge is 0.245 e. The second-order valence-electron chi connectivity index (χ2n) is 6.79. The van der Waals surface area contributed by atoms with Gasteiger partial charge in [-0.15, -0.1) is 0 Å². The lowest BCUT2D eigenvalue weighted by atomic mass is 10.1. The van der Waals surface area contributed by atoms with E-state index < -0.39 is 16.1 Å². The van der Waals surface area contributed by atoms with E-state index in [1.807, 2.05) is 24.3 Å². The van der Waals surface area contributed by atoms with Crippen LogP contribution >= 0.6 is 11.6 Å². The van der Waals surface area contributed by atoms with E-state index in [9.17, 15) is 8.42 Å². The maximum Gasteiger partial charge on any atom is 0.245 e. The lowest BCUT2D eigenvalue weighted by Gasteiger charge is -2.32. The first-order valence-electron chi connectivity index (χ1n) is 9.15. The molecule has 4 rings (SSSR count). The second kappa shape index (κ2) is 8.03. The van der Waals surface area contributed by atoms with Gasteiger partial charge in [0, 0.05) is 30.4 Å². The van der Waals surface area contributed by atoms with Crippen molar-refractivity contribution in [3.05, 3.63) is 77.2 Å². The molecule has 0 N–H and O–H groups in total. The molecular weight excluding hydrogens is 398 g/mol. The van der Waals surface area contributed by atoms with E-state index in [1.165, 1.54) is 10.5 Å². The fourth-order valence-electron chi connectivity index (χ4n) is 3.48. The van der Waals surface area contributed by atoms with Crippen molar-refractivity contribution in [3.8, 4) is 0 Å². The predicted molar refractivity (Wildman–Crippen MR) is 105 cm³/mol. The Labute approximate surface area is 169 Å². The Morgan fingerprint density at radius 2 is 2.07 bits per heavy atom. The number of rotatable bonds is 5. The van der Waals surface area contributed by atoms with E-state index in [0.717, 1.165) is 18.4 Å². The molecule has 3 heterocycles. The van der Waals surface area contributed by atoms with Crippen molar-refractivity contribution >= 4 is 21.6 Å². The number of aromatic nitrogens is 2. The zero-order valence-corrected chi connectivity index (χ0v) is 16.7. The number of sulfonamides is 1. The minimum absolute atomic E-state index is 0.188. The van der Waals surface area contributed by atoms with Gasteiger partial charge in [0.1, 0.15) is 16.7 Å². The van der Waals surface area contributed by atoms with E-state index in [2.05, 4.69) is 9.97 Å². The van der Waals surface area contributed by atoms with Crippen LogP contribution < -0.4 is 0 Å². The summed E-state index contributed by atoms with van der Waals surface area (Å²) in [4.78, 5) is 8.53. The van der Waals surface area contributed by atoms with Crippen LogP contribution in [0.15, 0.2) is 64.3 Å². The Hall–Kier alpha value is -2.22. The summed E-state index contributed by atoms with van der Waals surface area (Å²) < 4.78 is 33.7. The Bertz CT molecular complexity index is 1050. The lowest BCUT2D eigenvalue weighted by Crippen LogP contribution is -2.38. The SMILES string of the molecule is O=S(=O)(c1cccnc1)N1CCCC[C@H]1c1ncc(Cc2cccc(Cl)c2)o1. The third-order valence-electron chi connectivity index (χ3n) is 4.82. The van der Waals surface area contributed by atoms with Crippen LogP contribution in [0, 0.1) is 0 Å². The summed E-state index contributed by atoms with van der Waals surface area (Å²) in [6.07, 6.45) is 7.57. The van der Waals surface area contributed by atoms with Gasteiger partial charge < -0.3 is 4.42 Å². The summed E-state index contributed by atoms with van der Waals surface area (Å²) in [6.45, 7) is 0.438. The molecule has 0 aliphatic carbocycles. The molecule has 0 bridgehead atoms. The van der Waals surface area contributed by atoms with Crippen molar-refractivity contribution in [2.45, 2.75) is 36.6 Å². The van der Waals surface area contributed by atoms with Crippen molar-refractivity contribution < 1.29 is 12.8 Å². The van der Waals surface area contributed by atoms with Crippen LogP contribution in [0.1, 0.15) is 42.5 Å². The predicted octanol–water partition coefficient (Wildman–Crippen LogP) is 4.23. The quantitative estimate of drug-likeness (QED) is 0.620. The maximum absolute atomic E-state index is 13.1. The van der Waals surface area contributed by atoms with Crippen molar-refractivity contribution in [1.29, 1.82) is 0 Å². The first-order chi connectivity index (χ1) is 13.5. The van der Waals surface area contributed by atoms with Gasteiger partial charge in [-0.25, -0.2) is 13.4 Å². The molecule has 3 aromatic rings. The fraction of sp³-hybridized carbons (Fsp3) is 0.300. The zero-order chi connectivity index (χ0) is 19.6. The number of hydrogen-bond donors (Lipinski definition) is 0. The molecule has 1 aliphatic heterocycles. The van der Waals surface area contributed by atoms with Crippen molar-refractivity contribution in [2.75, 3.05) is 6.54 Å². The highest BCUT2D eigenvalue weighted by Crippen LogP contribution is 2.35. The molecule has 2 aromatic heterocycles. The van der Waals surface area contributed by atoms with Gasteiger partial charge >= 0.3 is 0 Å². The summed E-state index contributed by atoms with van der Waals surface area (Å²) in [5.74, 6) is 1.12. The lowest BCUT2D eigenvalue weighted by molar-refractivity contribution is 0.216. The summed E-state index contributed by atoms with van der Waals surface area (Å²) >= 11 is 6.04. The molecule has 28 heavy (non-hydrogen) atoms. The highest BCUT2D eigenvalue weighted by Gasteiger charge is 2.37. The maximum atomic E-state index is 13.1. The Morgan fingerprint density at radius 1 is 1.18 bits per heavy atom. The van der Waals surface area contributed by atoms with Crippen LogP contribution in [0.4, 0.5) is 0 Å². The molecule has 0 radical (unpaired) electrons. The van der Waals surface area contributed by atoms with Crippen LogP contribution in [0.25, 0.3) is 0 Å². The van der Waals surface area contributed by atoms with Crippen molar-refractivity contribution in [1.82, 2.24) is 14.3 Å². The van der Waals surface area contributed by atoms with Gasteiger partial charge in [-0.2, -0.15) is 4.31 Å². The van der Waals surface area contributed by atoms with Crippen molar-refractivity contribution in [2.24, 2.45) is 0 Å². The van der Waals surface area contributed by atoms with Crippen LogP contribution in [0.5, 0.6) is 0 Å². The third kappa shape index (κ3) is 3.97. The van der Waals surface area contributed by atoms with Crippen molar-refractivity contribution in [3.63, 3.8) is 0 Å². The summed E-state index contributed by atoms with van der Waals surface area (Å²) in [6, 6.07) is 10.3. The van der Waals surface area contributed by atoms with Gasteiger partial charge in [0.25, 0.3) is 0 Å². The molecule has 0 unspecified atom stereocenters. The molecule has 1 atom stereocenters. The minimum Gasteiger partial charge on any atom is -0.444 e. The van der Waals surface area contributed by atoms with E-state index in [-0.39, 0.29) is 4.90 Å². The highest BCUT2D eigenvalue weighted by atomic mass is 35.5. The van der Waals surface area contributed by atoms with E-state index in [1.54, 1.807) is 24.5 Å². The van der Waals surface area contributed by atoms with Gasteiger partial charge in [-0.1, -0.05) is 30.2 Å². The van der Waals surface area contributed by atoms with Gasteiger partial charge in [0.15, 0.2) is 0 Å². The summed E-state index contributed by atoms with van der Waals surface area (Å²) in [5, 5.41) is 0.665. The molecule has 0 saturated carbocycles. The summed E-state index contributed by atoms with van der Waals surface area (Å²) in [5.41, 5.74) is 1.01. The molecule has 1 aliphatic rings. The first-order valence-corrected chi connectivity index (χ1v) is 11.0. The number of halogens is 1. The molecule has 1 aromatic carbocycles. The number of hydrogen-bond acceptors (Lipinski definition) is 5. The number of pyridine rings is 1. The molecule has 6 nitrogen and oxygen atoms in total. The highest BCUT2D eigenvalue weighted by molar-refractivity contribution is 7.89. The molecule has 146 valence electrons. The average molecular weight is 418 g/mol. The van der Waals surface area contributed by atoms with E-state index in [0.29, 0.717) is 36.1 Å². The average Bonchev–Trinajstić information content (AvgIpc) is 3.17. The number of nitrogens with zero attached hydrogens (tertiary/aromatic N) is 3. The fourth-order valence-corrected chi connectivity index (χ4v) is 5.31. The van der Waals surface area contributed by atoms with Crippen LogP contribution in [0.3, 0.4) is 0 Å². The largest absolute Gasteiger partial charge is 0.444 e. The first kappa shape index (κ1) is 19.1. The molecule has 8 heteroatoms. The second-order valence-corrected chi connectivity index (χ2v) is 9.11. The summed E-state index contributed by atoms with van der Waals surface area (Å²) in [7, 11) is -3.66. The Balaban J connectivity index is 1.59. The molecule has 0 spiro atoms. The normalized spacial score (nSPS) is 18.2. The molecule has 1 saturated heterocycles. The van der Waals surface area contributed by atoms with Gasteiger partial charge in [-0.3, -0.25) is 4.98 Å². The van der Waals surface area contributed by atoms with E-state index in [4.69, 9.17) is 16.0 Å². The van der Waals surface area contributed by atoms with Gasteiger partial charge in [-0.05, 0) is 42.7 Å². The molecular formula is C20H20ClN3O3S. The molecule has 1 fully saturated rings. The standard InChI is InChI=1S/C20H20ClN3O3S/c21-16-6-3-5-15(11-16)12-17-13-23-20(27-17)19-8-1-2-10-24(19)28(25,26)18-7-4-9-22-14-18/h3-7,9,11,13-14,19H,1-2,8,10,12H2/t19-/m0/s1. The minimum atomic E-state index is -3.66. The van der Waals surface area contributed by atoms with Crippen LogP contribution in [0.2, 0.25) is 5.02 Å². The number of benzene rings is 1. The van der Waals surface area contributed by atoms with Gasteiger partial charge in [0.2, 0.25) is 15.9 Å². The Kier molecular flexibility index (Phi) is 5.48.